The van der Waals surface area contributed by atoms with Gasteiger partial charge in [0.1, 0.15) is 17.5 Å². The molecule has 34 heavy (non-hydrogen) atoms. The van der Waals surface area contributed by atoms with Crippen molar-refractivity contribution in [3.8, 4) is 11.5 Å². The Morgan fingerprint density at radius 1 is 0.971 bits per heavy atom. The summed E-state index contributed by atoms with van der Waals surface area (Å²) in [5, 5.41) is 11.5. The van der Waals surface area contributed by atoms with Crippen molar-refractivity contribution in [1.82, 2.24) is 15.8 Å². The number of likely N-dealkylation sites (tertiary alicyclic amines) is 1. The van der Waals surface area contributed by atoms with Gasteiger partial charge in [0.25, 0.3) is 0 Å². The zero-order valence-corrected chi connectivity index (χ0v) is 20.1. The van der Waals surface area contributed by atoms with E-state index in [2.05, 4.69) is 10.9 Å². The van der Waals surface area contributed by atoms with E-state index in [9.17, 15) is 9.90 Å². The molecule has 1 amide bonds. The monoisotopic (exact) mass is 497 g/mol. The minimum absolute atomic E-state index is 0.0139. The molecule has 176 valence electrons. The van der Waals surface area contributed by atoms with Crippen LogP contribution in [-0.2, 0) is 11.2 Å². The number of para-hydroxylation sites is 1. The largest absolute Gasteiger partial charge is 0.508 e. The summed E-state index contributed by atoms with van der Waals surface area (Å²) in [4.78, 5) is 15.5. The predicted octanol–water partition coefficient (Wildman–Crippen LogP) is 4.67. The van der Waals surface area contributed by atoms with E-state index in [1.165, 1.54) is 0 Å². The molecular weight excluding hydrogens is 473 g/mol. The molecule has 2 aliphatic heterocycles. The molecule has 0 aliphatic carbocycles. The van der Waals surface area contributed by atoms with Crippen molar-refractivity contribution >= 4 is 29.1 Å². The number of nitrogens with one attached hydrogen (secondary N) is 2. The topological polar surface area (TPSA) is 73.8 Å². The Hall–Kier alpha value is -2.77. The standard InChI is InChI=1S/C26H25Cl2N3O3/c1-34-17-9-6-15(7-10-17)12-13-31-25(16-8-11-19(27)20(28)14-16)22-23(29-30-24(22)26(31)33)18-4-2-3-5-21(18)32/h2-11,14,22-25,29-30,32H,12-13H2,1H3. The third-order valence-corrected chi connectivity index (χ3v) is 7.51. The van der Waals surface area contributed by atoms with Gasteiger partial charge in [0, 0.05) is 18.0 Å². The van der Waals surface area contributed by atoms with Gasteiger partial charge in [-0.15, -0.1) is 0 Å². The number of hydrazine groups is 1. The average molecular weight is 498 g/mol. The molecular formula is C26H25Cl2N3O3. The molecule has 0 radical (unpaired) electrons. The van der Waals surface area contributed by atoms with E-state index in [1.54, 1.807) is 25.3 Å². The molecule has 2 saturated heterocycles. The van der Waals surface area contributed by atoms with Crippen LogP contribution in [0.4, 0.5) is 0 Å². The molecule has 4 unspecified atom stereocenters. The Morgan fingerprint density at radius 2 is 1.71 bits per heavy atom. The van der Waals surface area contributed by atoms with Crippen molar-refractivity contribution in [2.75, 3.05) is 13.7 Å². The van der Waals surface area contributed by atoms with Gasteiger partial charge in [-0.3, -0.25) is 4.79 Å². The number of nitrogens with zero attached hydrogens (tertiary/aromatic N) is 1. The second-order valence-electron chi connectivity index (χ2n) is 8.63. The molecule has 2 heterocycles. The van der Waals surface area contributed by atoms with Gasteiger partial charge >= 0.3 is 0 Å². The number of halogens is 2. The van der Waals surface area contributed by atoms with E-state index < -0.39 is 6.04 Å². The van der Waals surface area contributed by atoms with Crippen molar-refractivity contribution in [2.45, 2.75) is 24.5 Å². The fourth-order valence-electron chi connectivity index (χ4n) is 5.10. The van der Waals surface area contributed by atoms with Crippen LogP contribution >= 0.6 is 23.2 Å². The maximum Gasteiger partial charge on any atom is 0.242 e. The summed E-state index contributed by atoms with van der Waals surface area (Å²) >= 11 is 12.6. The van der Waals surface area contributed by atoms with Crippen molar-refractivity contribution in [2.24, 2.45) is 5.92 Å². The first kappa shape index (κ1) is 23.0. The van der Waals surface area contributed by atoms with E-state index in [1.807, 2.05) is 53.4 Å². The summed E-state index contributed by atoms with van der Waals surface area (Å²) in [6, 6.07) is 19.7. The van der Waals surface area contributed by atoms with Crippen LogP contribution < -0.4 is 15.6 Å². The van der Waals surface area contributed by atoms with Crippen LogP contribution in [0.25, 0.3) is 0 Å². The van der Waals surface area contributed by atoms with Gasteiger partial charge in [0.15, 0.2) is 0 Å². The van der Waals surface area contributed by atoms with E-state index in [0.29, 0.717) is 23.0 Å². The number of phenols is 1. The lowest BCUT2D eigenvalue weighted by Gasteiger charge is -2.31. The van der Waals surface area contributed by atoms with Gasteiger partial charge < -0.3 is 14.7 Å². The number of carbonyl (C=O) groups is 1. The summed E-state index contributed by atoms with van der Waals surface area (Å²) in [6.45, 7) is 0.540. The average Bonchev–Trinajstić information content (AvgIpc) is 3.39. The summed E-state index contributed by atoms with van der Waals surface area (Å²) < 4.78 is 5.25. The van der Waals surface area contributed by atoms with Crippen LogP contribution in [0.5, 0.6) is 11.5 Å². The number of carbonyl (C=O) groups excluding carboxylic acids is 1. The van der Waals surface area contributed by atoms with E-state index in [-0.39, 0.29) is 29.7 Å². The third kappa shape index (κ3) is 4.12. The fraction of sp³-hybridized carbons (Fsp3) is 0.269. The highest BCUT2D eigenvalue weighted by Gasteiger charge is 2.55. The summed E-state index contributed by atoms with van der Waals surface area (Å²) in [5.74, 6) is 0.846. The molecule has 3 aromatic rings. The quantitative estimate of drug-likeness (QED) is 0.461. The van der Waals surface area contributed by atoms with Crippen LogP contribution in [0, 0.1) is 5.92 Å². The molecule has 3 N–H and O–H groups in total. The zero-order valence-electron chi connectivity index (χ0n) is 18.5. The molecule has 5 rings (SSSR count). The second-order valence-corrected chi connectivity index (χ2v) is 9.44. The van der Waals surface area contributed by atoms with Gasteiger partial charge in [-0.25, -0.2) is 10.9 Å². The minimum Gasteiger partial charge on any atom is -0.508 e. The molecule has 4 atom stereocenters. The molecule has 0 bridgehead atoms. The number of hydrogen-bond acceptors (Lipinski definition) is 5. The normalized spacial score (nSPS) is 23.9. The highest BCUT2D eigenvalue weighted by atomic mass is 35.5. The number of ether oxygens (including phenoxy) is 1. The Labute approximate surface area is 208 Å². The van der Waals surface area contributed by atoms with Gasteiger partial charge in [0.2, 0.25) is 5.91 Å². The zero-order chi connectivity index (χ0) is 23.8. The Bertz CT molecular complexity index is 1200. The molecule has 2 aliphatic rings. The van der Waals surface area contributed by atoms with Gasteiger partial charge in [0.05, 0.1) is 29.2 Å². The maximum atomic E-state index is 13.6. The Kier molecular flexibility index (Phi) is 6.40. The smallest absolute Gasteiger partial charge is 0.242 e. The van der Waals surface area contributed by atoms with Crippen molar-refractivity contribution < 1.29 is 14.6 Å². The van der Waals surface area contributed by atoms with E-state index in [4.69, 9.17) is 27.9 Å². The molecule has 0 spiro atoms. The molecule has 2 fully saturated rings. The highest BCUT2D eigenvalue weighted by Crippen LogP contribution is 2.49. The Balaban J connectivity index is 1.50. The van der Waals surface area contributed by atoms with Crippen molar-refractivity contribution in [3.05, 3.63) is 93.5 Å². The maximum absolute atomic E-state index is 13.6. The first-order valence-electron chi connectivity index (χ1n) is 11.1. The molecule has 0 saturated carbocycles. The number of benzene rings is 3. The van der Waals surface area contributed by atoms with Gasteiger partial charge in [-0.05, 0) is 47.9 Å². The molecule has 0 aromatic heterocycles. The fourth-order valence-corrected chi connectivity index (χ4v) is 5.41. The van der Waals surface area contributed by atoms with Crippen molar-refractivity contribution in [1.29, 1.82) is 0 Å². The number of methoxy groups -OCH3 is 1. The number of rotatable bonds is 6. The second kappa shape index (κ2) is 9.47. The van der Waals surface area contributed by atoms with Crippen LogP contribution in [-0.4, -0.2) is 35.6 Å². The SMILES string of the molecule is COc1ccc(CCN2C(=O)C3NNC(c4ccccc4O)C3C2c2ccc(Cl)c(Cl)c2)cc1. The first-order chi connectivity index (χ1) is 16.5. The summed E-state index contributed by atoms with van der Waals surface area (Å²) in [6.07, 6.45) is 0.696. The van der Waals surface area contributed by atoms with Crippen LogP contribution in [0.2, 0.25) is 10.0 Å². The lowest BCUT2D eigenvalue weighted by molar-refractivity contribution is -0.130. The number of aromatic hydroxyl groups is 1. The van der Waals surface area contributed by atoms with Gasteiger partial charge in [-0.2, -0.15) is 0 Å². The molecule has 3 aromatic carbocycles. The van der Waals surface area contributed by atoms with Crippen LogP contribution in [0.3, 0.4) is 0 Å². The lowest BCUT2D eigenvalue weighted by atomic mass is 9.83. The summed E-state index contributed by atoms with van der Waals surface area (Å²) in [5.41, 5.74) is 9.21. The van der Waals surface area contributed by atoms with Crippen LogP contribution in [0.1, 0.15) is 28.8 Å². The highest BCUT2D eigenvalue weighted by molar-refractivity contribution is 6.42. The molecule has 6 nitrogen and oxygen atoms in total. The van der Waals surface area contributed by atoms with E-state index >= 15 is 0 Å². The number of phenolic OH excluding ortho intramolecular Hbond substituents is 1. The number of fused-ring (bicyclic) bond motifs is 1. The molecule has 8 heteroatoms. The lowest BCUT2D eigenvalue weighted by Crippen LogP contribution is -2.42. The minimum atomic E-state index is -0.431. The first-order valence-corrected chi connectivity index (χ1v) is 11.9. The van der Waals surface area contributed by atoms with E-state index in [0.717, 1.165) is 22.4 Å². The van der Waals surface area contributed by atoms with Crippen molar-refractivity contribution in [3.63, 3.8) is 0 Å². The Morgan fingerprint density at radius 3 is 2.41 bits per heavy atom. The summed E-state index contributed by atoms with van der Waals surface area (Å²) in [7, 11) is 1.64. The predicted molar refractivity (Wildman–Crippen MR) is 132 cm³/mol. The van der Waals surface area contributed by atoms with Gasteiger partial charge in [-0.1, -0.05) is 59.6 Å². The number of hydrogen-bond donors (Lipinski definition) is 3. The third-order valence-electron chi connectivity index (χ3n) is 6.77. The van der Waals surface area contributed by atoms with Crippen LogP contribution in [0.15, 0.2) is 66.7 Å². The number of amides is 1.